The fraction of sp³-hybridized carbons (Fsp3) is 0.444. The van der Waals surface area contributed by atoms with Gasteiger partial charge in [-0.2, -0.15) is 0 Å². The maximum absolute atomic E-state index is 12.6. The largest absolute Gasteiger partial charge is 0.349 e. The van der Waals surface area contributed by atoms with Crippen LogP contribution in [0.15, 0.2) is 35.7 Å². The summed E-state index contributed by atoms with van der Waals surface area (Å²) in [6.07, 6.45) is 3.66. The van der Waals surface area contributed by atoms with Gasteiger partial charge in [0.1, 0.15) is 0 Å². The minimum atomic E-state index is -0.0540. The number of halogens is 1. The Morgan fingerprint density at radius 3 is 2.75 bits per heavy atom. The van der Waals surface area contributed by atoms with E-state index in [1.165, 1.54) is 11.0 Å². The fourth-order valence-corrected chi connectivity index (χ4v) is 4.58. The van der Waals surface area contributed by atoms with Crippen LogP contribution in [-0.4, -0.2) is 35.6 Å². The summed E-state index contributed by atoms with van der Waals surface area (Å²) >= 11 is 7.93. The second-order valence-corrected chi connectivity index (χ2v) is 7.76. The zero-order valence-corrected chi connectivity index (χ0v) is 15.0. The van der Waals surface area contributed by atoms with Gasteiger partial charge < -0.3 is 10.2 Å². The number of carbonyl (C=O) groups excluding carboxylic acids is 2. The van der Waals surface area contributed by atoms with E-state index in [0.717, 1.165) is 17.7 Å². The lowest BCUT2D eigenvalue weighted by molar-refractivity contribution is -0.132. The van der Waals surface area contributed by atoms with Crippen molar-refractivity contribution in [1.82, 2.24) is 10.2 Å². The topological polar surface area (TPSA) is 49.4 Å². The van der Waals surface area contributed by atoms with E-state index >= 15 is 0 Å². The van der Waals surface area contributed by atoms with Gasteiger partial charge in [-0.3, -0.25) is 9.59 Å². The Balaban J connectivity index is 1.62. The van der Waals surface area contributed by atoms with E-state index in [0.29, 0.717) is 31.0 Å². The third-order valence-electron chi connectivity index (χ3n) is 4.68. The molecule has 0 spiro atoms. The van der Waals surface area contributed by atoms with E-state index < -0.39 is 0 Å². The van der Waals surface area contributed by atoms with Gasteiger partial charge in [0.05, 0.1) is 6.04 Å². The predicted octanol–water partition coefficient (Wildman–Crippen LogP) is 3.42. The summed E-state index contributed by atoms with van der Waals surface area (Å²) in [5.41, 5.74) is 1.12. The lowest BCUT2D eigenvalue weighted by atomic mass is 9.94. The molecule has 0 radical (unpaired) electrons. The summed E-state index contributed by atoms with van der Waals surface area (Å²) in [5, 5.41) is 3.90. The van der Waals surface area contributed by atoms with Crippen molar-refractivity contribution in [2.75, 3.05) is 18.8 Å². The molecule has 1 aromatic rings. The Morgan fingerprint density at radius 2 is 2.04 bits per heavy atom. The fourth-order valence-electron chi connectivity index (χ4n) is 3.30. The molecule has 6 heteroatoms. The highest BCUT2D eigenvalue weighted by Gasteiger charge is 2.29. The van der Waals surface area contributed by atoms with Crippen molar-refractivity contribution >= 4 is 35.2 Å². The number of benzene rings is 1. The van der Waals surface area contributed by atoms with Gasteiger partial charge in [0.25, 0.3) is 0 Å². The molecule has 2 heterocycles. The maximum atomic E-state index is 12.6. The van der Waals surface area contributed by atoms with E-state index in [2.05, 4.69) is 11.9 Å². The summed E-state index contributed by atoms with van der Waals surface area (Å²) in [4.78, 5) is 27.2. The molecule has 3 rings (SSSR count). The lowest BCUT2D eigenvalue weighted by Gasteiger charge is -2.32. The van der Waals surface area contributed by atoms with Crippen LogP contribution in [0, 0.1) is 5.92 Å². The molecule has 0 saturated carbocycles. The summed E-state index contributed by atoms with van der Waals surface area (Å²) in [5.74, 6) is 0.993. The van der Waals surface area contributed by atoms with Crippen molar-refractivity contribution in [2.24, 2.45) is 5.92 Å². The molecule has 1 saturated heterocycles. The molecule has 1 atom stereocenters. The molecule has 1 N–H and O–H groups in total. The predicted molar refractivity (Wildman–Crippen MR) is 97.2 cm³/mol. The Hall–Kier alpha value is -1.46. The normalized spacial score (nSPS) is 21.0. The average molecular weight is 365 g/mol. The number of thioether (sulfide) groups is 1. The van der Waals surface area contributed by atoms with Crippen LogP contribution in [-0.2, 0) is 9.59 Å². The molecular weight excluding hydrogens is 344 g/mol. The molecule has 4 nitrogen and oxygen atoms in total. The Labute approximate surface area is 151 Å². The highest BCUT2D eigenvalue weighted by Crippen LogP contribution is 2.37. The van der Waals surface area contributed by atoms with Crippen LogP contribution in [0.3, 0.4) is 0 Å². The summed E-state index contributed by atoms with van der Waals surface area (Å²) in [7, 11) is 0. The molecule has 2 aliphatic rings. The standard InChI is InChI=1S/C18H21ClN2O2S/c1-2-17(22)21-8-5-12(6-9-21)18(23)20-15-7-10-24-16-4-3-13(19)11-14(15)16/h2-4,11-12,15H,1,5-10H2,(H,20,23). The Morgan fingerprint density at radius 1 is 1.29 bits per heavy atom. The summed E-state index contributed by atoms with van der Waals surface area (Å²) in [6.45, 7) is 4.75. The molecule has 0 bridgehead atoms. The first-order valence-electron chi connectivity index (χ1n) is 8.22. The van der Waals surface area contributed by atoms with Crippen LogP contribution in [0.5, 0.6) is 0 Å². The highest BCUT2D eigenvalue weighted by atomic mass is 35.5. The molecule has 0 aliphatic carbocycles. The molecule has 1 fully saturated rings. The maximum Gasteiger partial charge on any atom is 0.245 e. The average Bonchev–Trinajstić information content (AvgIpc) is 2.61. The highest BCUT2D eigenvalue weighted by molar-refractivity contribution is 7.99. The summed E-state index contributed by atoms with van der Waals surface area (Å²) in [6, 6.07) is 5.91. The zero-order chi connectivity index (χ0) is 17.1. The van der Waals surface area contributed by atoms with Crippen molar-refractivity contribution in [2.45, 2.75) is 30.2 Å². The van der Waals surface area contributed by atoms with Crippen LogP contribution in [0.25, 0.3) is 0 Å². The Bertz CT molecular complexity index is 656. The number of hydrogen-bond acceptors (Lipinski definition) is 3. The third-order valence-corrected chi connectivity index (χ3v) is 6.04. The first kappa shape index (κ1) is 17.4. The monoisotopic (exact) mass is 364 g/mol. The van der Waals surface area contributed by atoms with Gasteiger partial charge in [-0.05, 0) is 49.1 Å². The van der Waals surface area contributed by atoms with E-state index in [-0.39, 0.29) is 23.8 Å². The quantitative estimate of drug-likeness (QED) is 0.836. The minimum Gasteiger partial charge on any atom is -0.349 e. The van der Waals surface area contributed by atoms with Gasteiger partial charge in [-0.1, -0.05) is 18.2 Å². The number of likely N-dealkylation sites (tertiary alicyclic amines) is 1. The van der Waals surface area contributed by atoms with Crippen molar-refractivity contribution in [3.05, 3.63) is 41.4 Å². The first-order valence-corrected chi connectivity index (χ1v) is 9.59. The van der Waals surface area contributed by atoms with E-state index in [1.54, 1.807) is 16.7 Å². The van der Waals surface area contributed by atoms with E-state index in [4.69, 9.17) is 11.6 Å². The van der Waals surface area contributed by atoms with E-state index in [9.17, 15) is 9.59 Å². The van der Waals surface area contributed by atoms with Crippen LogP contribution < -0.4 is 5.32 Å². The number of nitrogens with one attached hydrogen (secondary N) is 1. The van der Waals surface area contributed by atoms with Crippen LogP contribution in [0.1, 0.15) is 30.9 Å². The van der Waals surface area contributed by atoms with Gasteiger partial charge >= 0.3 is 0 Å². The van der Waals surface area contributed by atoms with E-state index in [1.807, 2.05) is 18.2 Å². The van der Waals surface area contributed by atoms with Gasteiger partial charge in [-0.15, -0.1) is 11.8 Å². The first-order chi connectivity index (χ1) is 11.6. The van der Waals surface area contributed by atoms with Crippen LogP contribution in [0.4, 0.5) is 0 Å². The molecule has 1 unspecified atom stereocenters. The van der Waals surface area contributed by atoms with Crippen LogP contribution >= 0.6 is 23.4 Å². The van der Waals surface area contributed by atoms with Crippen molar-refractivity contribution < 1.29 is 9.59 Å². The van der Waals surface area contributed by atoms with Gasteiger partial charge in [0.15, 0.2) is 0 Å². The molecule has 1 aromatic carbocycles. The number of nitrogens with zero attached hydrogens (tertiary/aromatic N) is 1. The molecular formula is C18H21ClN2O2S. The number of fused-ring (bicyclic) bond motifs is 1. The molecule has 2 amide bonds. The molecule has 0 aromatic heterocycles. The molecule has 128 valence electrons. The van der Waals surface area contributed by atoms with Crippen molar-refractivity contribution in [3.8, 4) is 0 Å². The lowest BCUT2D eigenvalue weighted by Crippen LogP contribution is -2.43. The van der Waals surface area contributed by atoms with Crippen LogP contribution in [0.2, 0.25) is 5.02 Å². The zero-order valence-electron chi connectivity index (χ0n) is 13.5. The second kappa shape index (κ2) is 7.62. The number of amides is 2. The molecule has 24 heavy (non-hydrogen) atoms. The second-order valence-electron chi connectivity index (χ2n) is 6.18. The van der Waals surface area contributed by atoms with Crippen molar-refractivity contribution in [1.29, 1.82) is 0 Å². The van der Waals surface area contributed by atoms with Gasteiger partial charge in [0.2, 0.25) is 11.8 Å². The van der Waals surface area contributed by atoms with Gasteiger partial charge in [0, 0.05) is 34.7 Å². The third kappa shape index (κ3) is 3.78. The minimum absolute atomic E-state index is 0.0280. The molecule has 2 aliphatic heterocycles. The Kier molecular flexibility index (Phi) is 5.51. The van der Waals surface area contributed by atoms with Gasteiger partial charge in [-0.25, -0.2) is 0 Å². The number of hydrogen-bond donors (Lipinski definition) is 1. The number of carbonyl (C=O) groups is 2. The number of piperidine rings is 1. The smallest absolute Gasteiger partial charge is 0.245 e. The number of rotatable bonds is 3. The SMILES string of the molecule is C=CC(=O)N1CCC(C(=O)NC2CCSc3ccc(Cl)cc32)CC1. The van der Waals surface area contributed by atoms with Crippen molar-refractivity contribution in [3.63, 3.8) is 0 Å². The summed E-state index contributed by atoms with van der Waals surface area (Å²) < 4.78 is 0.